The van der Waals surface area contributed by atoms with Crippen molar-refractivity contribution < 1.29 is 19.4 Å². The predicted octanol–water partition coefficient (Wildman–Crippen LogP) is 1.59. The Bertz CT molecular complexity index is 359. The van der Waals surface area contributed by atoms with Crippen molar-refractivity contribution in [2.45, 2.75) is 63.6 Å². The number of amides is 2. The van der Waals surface area contributed by atoms with Gasteiger partial charge in [0.15, 0.2) is 0 Å². The number of morpholine rings is 1. The summed E-state index contributed by atoms with van der Waals surface area (Å²) in [6, 6.07) is -0.289. The standard InChI is InChI=1S/C14H24N2O4/c1-2-10(9-13(17)18)15-14(19)16-7-8-20-12-6-4-3-5-11(12)16/h10-12H,2-9H2,1H3,(H,15,19)(H,17,18). The zero-order valence-corrected chi connectivity index (χ0v) is 12.0. The smallest absolute Gasteiger partial charge is 0.318 e. The summed E-state index contributed by atoms with van der Waals surface area (Å²) >= 11 is 0. The van der Waals surface area contributed by atoms with Gasteiger partial charge >= 0.3 is 12.0 Å². The zero-order valence-electron chi connectivity index (χ0n) is 12.0. The van der Waals surface area contributed by atoms with Gasteiger partial charge in [-0.3, -0.25) is 4.79 Å². The van der Waals surface area contributed by atoms with Gasteiger partial charge in [-0.1, -0.05) is 19.8 Å². The molecule has 0 aromatic heterocycles. The van der Waals surface area contributed by atoms with Crippen LogP contribution in [0.2, 0.25) is 0 Å². The van der Waals surface area contributed by atoms with Gasteiger partial charge < -0.3 is 20.1 Å². The molecule has 0 spiro atoms. The molecule has 2 N–H and O–H groups in total. The molecule has 3 unspecified atom stereocenters. The van der Waals surface area contributed by atoms with Crippen LogP contribution in [0.5, 0.6) is 0 Å². The van der Waals surface area contributed by atoms with E-state index in [-0.39, 0.29) is 30.6 Å². The SMILES string of the molecule is CCC(CC(=O)O)NC(=O)N1CCOC2CCCCC21. The molecule has 20 heavy (non-hydrogen) atoms. The van der Waals surface area contributed by atoms with Gasteiger partial charge in [-0.2, -0.15) is 0 Å². The van der Waals surface area contributed by atoms with E-state index in [4.69, 9.17) is 9.84 Å². The number of carboxylic acids is 1. The second-order valence-corrected chi connectivity index (χ2v) is 5.61. The van der Waals surface area contributed by atoms with E-state index in [1.807, 2.05) is 11.8 Å². The summed E-state index contributed by atoms with van der Waals surface area (Å²) in [5, 5.41) is 11.7. The van der Waals surface area contributed by atoms with Gasteiger partial charge in [0.1, 0.15) is 0 Å². The summed E-state index contributed by atoms with van der Waals surface area (Å²) in [5.74, 6) is -0.880. The number of hydrogen-bond donors (Lipinski definition) is 2. The molecule has 0 bridgehead atoms. The summed E-state index contributed by atoms with van der Waals surface area (Å²) in [4.78, 5) is 25.0. The second-order valence-electron chi connectivity index (χ2n) is 5.61. The molecule has 2 fully saturated rings. The zero-order chi connectivity index (χ0) is 14.5. The van der Waals surface area contributed by atoms with Gasteiger partial charge in [0.2, 0.25) is 0 Å². The van der Waals surface area contributed by atoms with Crippen LogP contribution in [0.25, 0.3) is 0 Å². The summed E-state index contributed by atoms with van der Waals surface area (Å²) in [7, 11) is 0. The first-order chi connectivity index (χ1) is 9.61. The Morgan fingerprint density at radius 1 is 1.40 bits per heavy atom. The monoisotopic (exact) mass is 284 g/mol. The lowest BCUT2D eigenvalue weighted by Crippen LogP contribution is -2.58. The largest absolute Gasteiger partial charge is 0.481 e. The molecule has 0 aromatic carbocycles. The Kier molecular flexibility index (Phi) is 5.23. The fraction of sp³-hybridized carbons (Fsp3) is 0.857. The van der Waals surface area contributed by atoms with Crippen molar-refractivity contribution in [2.75, 3.05) is 13.2 Å². The first-order valence-electron chi connectivity index (χ1n) is 7.52. The number of ether oxygens (including phenoxy) is 1. The molecule has 1 heterocycles. The highest BCUT2D eigenvalue weighted by Crippen LogP contribution is 2.28. The number of carboxylic acid groups (broad SMARTS) is 1. The molecule has 1 aliphatic heterocycles. The summed E-state index contributed by atoms with van der Waals surface area (Å²) in [5.41, 5.74) is 0. The van der Waals surface area contributed by atoms with Gasteiger partial charge in [0.25, 0.3) is 0 Å². The first kappa shape index (κ1) is 15.1. The van der Waals surface area contributed by atoms with E-state index in [9.17, 15) is 9.59 Å². The fourth-order valence-electron chi connectivity index (χ4n) is 3.11. The Morgan fingerprint density at radius 3 is 2.85 bits per heavy atom. The molecule has 3 atom stereocenters. The highest BCUT2D eigenvalue weighted by Gasteiger charge is 2.37. The van der Waals surface area contributed by atoms with Crippen molar-refractivity contribution in [2.24, 2.45) is 0 Å². The molecule has 2 aliphatic rings. The molecule has 1 saturated heterocycles. The van der Waals surface area contributed by atoms with E-state index in [1.165, 1.54) is 0 Å². The third-order valence-electron chi connectivity index (χ3n) is 4.23. The van der Waals surface area contributed by atoms with Gasteiger partial charge in [0, 0.05) is 12.6 Å². The number of urea groups is 1. The molecule has 6 nitrogen and oxygen atoms in total. The maximum Gasteiger partial charge on any atom is 0.318 e. The van der Waals surface area contributed by atoms with E-state index in [0.29, 0.717) is 19.6 Å². The Balaban J connectivity index is 1.94. The number of hydrogen-bond acceptors (Lipinski definition) is 3. The molecule has 1 saturated carbocycles. The second kappa shape index (κ2) is 6.92. The molecule has 0 radical (unpaired) electrons. The predicted molar refractivity (Wildman–Crippen MR) is 73.6 cm³/mol. The van der Waals surface area contributed by atoms with E-state index in [0.717, 1.165) is 25.7 Å². The molecule has 2 rings (SSSR count). The van der Waals surface area contributed by atoms with Crippen LogP contribution in [0.1, 0.15) is 45.4 Å². The average Bonchev–Trinajstić information content (AvgIpc) is 2.45. The average molecular weight is 284 g/mol. The molecule has 114 valence electrons. The topological polar surface area (TPSA) is 78.9 Å². The van der Waals surface area contributed by atoms with Crippen molar-refractivity contribution >= 4 is 12.0 Å². The van der Waals surface area contributed by atoms with Gasteiger partial charge in [0.05, 0.1) is 25.2 Å². The third kappa shape index (κ3) is 3.62. The molecular formula is C14H24N2O4. The normalized spacial score (nSPS) is 27.6. The van der Waals surface area contributed by atoms with Crippen LogP contribution in [-0.4, -0.2) is 53.3 Å². The lowest BCUT2D eigenvalue weighted by Gasteiger charge is -2.44. The molecule has 6 heteroatoms. The third-order valence-corrected chi connectivity index (χ3v) is 4.23. The van der Waals surface area contributed by atoms with Crippen molar-refractivity contribution in [1.29, 1.82) is 0 Å². The highest BCUT2D eigenvalue weighted by molar-refractivity contribution is 5.76. The van der Waals surface area contributed by atoms with Gasteiger partial charge in [-0.25, -0.2) is 4.79 Å². The number of rotatable bonds is 4. The van der Waals surface area contributed by atoms with Gasteiger partial charge in [-0.15, -0.1) is 0 Å². The lowest BCUT2D eigenvalue weighted by molar-refractivity contribution is -0.137. The van der Waals surface area contributed by atoms with Crippen molar-refractivity contribution in [3.63, 3.8) is 0 Å². The summed E-state index contributed by atoms with van der Waals surface area (Å²) in [6.07, 6.45) is 5.03. The molecule has 1 aliphatic carbocycles. The summed E-state index contributed by atoms with van der Waals surface area (Å²) < 4.78 is 5.74. The van der Waals surface area contributed by atoms with E-state index >= 15 is 0 Å². The number of fused-ring (bicyclic) bond motifs is 1. The fourth-order valence-corrected chi connectivity index (χ4v) is 3.11. The minimum atomic E-state index is -0.880. The molecule has 2 amide bonds. The quantitative estimate of drug-likeness (QED) is 0.821. The Hall–Kier alpha value is -1.30. The number of nitrogens with one attached hydrogen (secondary N) is 1. The minimum Gasteiger partial charge on any atom is -0.481 e. The van der Waals surface area contributed by atoms with Crippen LogP contribution in [0.3, 0.4) is 0 Å². The first-order valence-corrected chi connectivity index (χ1v) is 7.52. The van der Waals surface area contributed by atoms with Crippen LogP contribution < -0.4 is 5.32 Å². The van der Waals surface area contributed by atoms with Crippen LogP contribution in [0.15, 0.2) is 0 Å². The van der Waals surface area contributed by atoms with Gasteiger partial charge in [-0.05, 0) is 19.3 Å². The summed E-state index contributed by atoms with van der Waals surface area (Å²) in [6.45, 7) is 3.05. The lowest BCUT2D eigenvalue weighted by atomic mass is 9.90. The number of aliphatic carboxylic acids is 1. The van der Waals surface area contributed by atoms with E-state index < -0.39 is 5.97 Å². The van der Waals surface area contributed by atoms with E-state index in [1.54, 1.807) is 0 Å². The van der Waals surface area contributed by atoms with Crippen LogP contribution in [-0.2, 0) is 9.53 Å². The maximum absolute atomic E-state index is 12.4. The van der Waals surface area contributed by atoms with Crippen LogP contribution in [0.4, 0.5) is 4.79 Å². The van der Waals surface area contributed by atoms with Crippen molar-refractivity contribution in [3.8, 4) is 0 Å². The van der Waals surface area contributed by atoms with Crippen LogP contribution >= 0.6 is 0 Å². The van der Waals surface area contributed by atoms with Crippen LogP contribution in [0, 0.1) is 0 Å². The van der Waals surface area contributed by atoms with E-state index in [2.05, 4.69) is 5.32 Å². The number of carbonyl (C=O) groups excluding carboxylic acids is 1. The Labute approximate surface area is 119 Å². The van der Waals surface area contributed by atoms with Crippen molar-refractivity contribution in [1.82, 2.24) is 10.2 Å². The highest BCUT2D eigenvalue weighted by atomic mass is 16.5. The van der Waals surface area contributed by atoms with Crippen molar-refractivity contribution in [3.05, 3.63) is 0 Å². The minimum absolute atomic E-state index is 0.0271. The number of nitrogens with zero attached hydrogens (tertiary/aromatic N) is 1. The maximum atomic E-state index is 12.4. The Morgan fingerprint density at radius 2 is 2.15 bits per heavy atom. The molecule has 0 aromatic rings. The molecular weight excluding hydrogens is 260 g/mol. The number of carbonyl (C=O) groups is 2.